The summed E-state index contributed by atoms with van der Waals surface area (Å²) >= 11 is 6.01. The molecule has 0 fully saturated rings. The number of amides is 2. The summed E-state index contributed by atoms with van der Waals surface area (Å²) < 4.78 is 10.3. The van der Waals surface area contributed by atoms with Crippen molar-refractivity contribution < 1.29 is 19.1 Å². The summed E-state index contributed by atoms with van der Waals surface area (Å²) in [4.78, 5) is 28.6. The van der Waals surface area contributed by atoms with Gasteiger partial charge in [-0.3, -0.25) is 9.59 Å². The first-order valence-corrected chi connectivity index (χ1v) is 11.4. The molecule has 3 aromatic rings. The van der Waals surface area contributed by atoms with Gasteiger partial charge < -0.3 is 19.7 Å². The van der Waals surface area contributed by atoms with Gasteiger partial charge in [0.25, 0.3) is 0 Å². The van der Waals surface area contributed by atoms with Gasteiger partial charge in [0.2, 0.25) is 11.8 Å². The molecule has 0 aromatic heterocycles. The van der Waals surface area contributed by atoms with Crippen LogP contribution in [0.25, 0.3) is 0 Å². The number of rotatable bonds is 11. The van der Waals surface area contributed by atoms with Crippen molar-refractivity contribution >= 4 is 23.4 Å². The summed E-state index contributed by atoms with van der Waals surface area (Å²) in [6.07, 6.45) is 0.141. The second-order valence-corrected chi connectivity index (χ2v) is 8.21. The molecule has 0 saturated heterocycles. The molecule has 7 heteroatoms. The summed E-state index contributed by atoms with van der Waals surface area (Å²) in [6.45, 7) is 0.985. The highest BCUT2D eigenvalue weighted by Crippen LogP contribution is 2.26. The van der Waals surface area contributed by atoms with E-state index in [-0.39, 0.29) is 24.8 Å². The highest BCUT2D eigenvalue weighted by atomic mass is 35.5. The van der Waals surface area contributed by atoms with Gasteiger partial charge >= 0.3 is 0 Å². The number of carbonyl (C=O) groups is 2. The third-order valence-electron chi connectivity index (χ3n) is 5.38. The van der Waals surface area contributed by atoms with E-state index in [9.17, 15) is 9.59 Å². The van der Waals surface area contributed by atoms with Crippen LogP contribution in [0.1, 0.15) is 22.7 Å². The van der Waals surface area contributed by atoms with Crippen molar-refractivity contribution in [3.63, 3.8) is 0 Å². The van der Waals surface area contributed by atoms with E-state index >= 15 is 0 Å². The highest BCUT2D eigenvalue weighted by molar-refractivity contribution is 6.30. The molecular weight excluding hydrogens is 452 g/mol. The lowest BCUT2D eigenvalue weighted by Gasteiger charge is -2.32. The van der Waals surface area contributed by atoms with Gasteiger partial charge in [0.1, 0.15) is 11.8 Å². The zero-order chi connectivity index (χ0) is 24.3. The van der Waals surface area contributed by atoms with Crippen molar-refractivity contribution in [2.24, 2.45) is 0 Å². The van der Waals surface area contributed by atoms with Crippen molar-refractivity contribution in [3.8, 4) is 5.75 Å². The number of hydrogen-bond acceptors (Lipinski definition) is 4. The van der Waals surface area contributed by atoms with Gasteiger partial charge in [-0.25, -0.2) is 0 Å². The van der Waals surface area contributed by atoms with Gasteiger partial charge in [0.15, 0.2) is 0 Å². The second kappa shape index (κ2) is 12.8. The Balaban J connectivity index is 1.96. The molecule has 2 amide bonds. The average Bonchev–Trinajstić information content (AvgIpc) is 2.86. The standard InChI is InChI=1S/C27H29ClN2O4/c1-33-17-16-29-27(32)26(22-6-4-3-5-7-22)30(19-21-10-14-24(34-2)15-11-21)25(31)18-20-8-12-23(28)13-9-20/h3-15,26H,16-19H2,1-2H3,(H,29,32)/t26-/m0/s1. The molecule has 1 N–H and O–H groups in total. The molecule has 178 valence electrons. The van der Waals surface area contributed by atoms with E-state index in [1.54, 1.807) is 31.3 Å². The van der Waals surface area contributed by atoms with E-state index in [1.165, 1.54) is 0 Å². The molecule has 0 aliphatic rings. The number of carbonyl (C=O) groups excluding carboxylic acids is 2. The van der Waals surface area contributed by atoms with E-state index in [0.717, 1.165) is 22.4 Å². The largest absolute Gasteiger partial charge is 0.497 e. The quantitative estimate of drug-likeness (QED) is 0.412. The molecule has 0 unspecified atom stereocenters. The van der Waals surface area contributed by atoms with E-state index in [1.807, 2.05) is 66.7 Å². The SMILES string of the molecule is COCCNC(=O)[C@H](c1ccccc1)N(Cc1ccc(OC)cc1)C(=O)Cc1ccc(Cl)cc1. The van der Waals surface area contributed by atoms with Crippen molar-refractivity contribution in [1.29, 1.82) is 0 Å². The fourth-order valence-corrected chi connectivity index (χ4v) is 3.74. The molecule has 0 aliphatic carbocycles. The molecule has 3 rings (SSSR count). The zero-order valence-corrected chi connectivity index (χ0v) is 20.1. The smallest absolute Gasteiger partial charge is 0.247 e. The summed E-state index contributed by atoms with van der Waals surface area (Å²) in [7, 11) is 3.18. The molecule has 0 aliphatic heterocycles. The van der Waals surface area contributed by atoms with Crippen LogP contribution in [-0.4, -0.2) is 44.1 Å². The maximum atomic E-state index is 13.6. The van der Waals surface area contributed by atoms with E-state index in [0.29, 0.717) is 18.2 Å². The van der Waals surface area contributed by atoms with Crippen LogP contribution in [0.5, 0.6) is 5.75 Å². The average molecular weight is 481 g/mol. The molecule has 0 saturated carbocycles. The predicted molar refractivity (Wildman–Crippen MR) is 133 cm³/mol. The molecule has 1 atom stereocenters. The van der Waals surface area contributed by atoms with Gasteiger partial charge in [-0.1, -0.05) is 66.2 Å². The lowest BCUT2D eigenvalue weighted by molar-refractivity contribution is -0.141. The minimum absolute atomic E-state index is 0.141. The van der Waals surface area contributed by atoms with Gasteiger partial charge in [-0.05, 0) is 41.0 Å². The minimum Gasteiger partial charge on any atom is -0.497 e. The van der Waals surface area contributed by atoms with Crippen molar-refractivity contribution in [3.05, 3.63) is 101 Å². The monoisotopic (exact) mass is 480 g/mol. The summed E-state index contributed by atoms with van der Waals surface area (Å²) in [5, 5.41) is 3.50. The Morgan fingerprint density at radius 2 is 1.56 bits per heavy atom. The van der Waals surface area contributed by atoms with Crippen LogP contribution in [0.4, 0.5) is 0 Å². The summed E-state index contributed by atoms with van der Waals surface area (Å²) in [5.41, 5.74) is 2.44. The number of benzene rings is 3. The highest BCUT2D eigenvalue weighted by Gasteiger charge is 2.31. The second-order valence-electron chi connectivity index (χ2n) is 7.77. The van der Waals surface area contributed by atoms with Gasteiger partial charge in [0.05, 0.1) is 20.1 Å². The summed E-state index contributed by atoms with van der Waals surface area (Å²) in [5.74, 6) is 0.287. The maximum Gasteiger partial charge on any atom is 0.247 e. The Hall–Kier alpha value is -3.35. The Bertz CT molecular complexity index is 1060. The maximum absolute atomic E-state index is 13.6. The Morgan fingerprint density at radius 3 is 2.18 bits per heavy atom. The predicted octanol–water partition coefficient (Wildman–Crippen LogP) is 4.42. The molecule has 3 aromatic carbocycles. The van der Waals surface area contributed by atoms with Crippen molar-refractivity contribution in [2.45, 2.75) is 19.0 Å². The number of nitrogens with one attached hydrogen (secondary N) is 1. The first-order valence-electron chi connectivity index (χ1n) is 11.0. The Kier molecular flexibility index (Phi) is 9.50. The van der Waals surface area contributed by atoms with Gasteiger partial charge in [-0.15, -0.1) is 0 Å². The zero-order valence-electron chi connectivity index (χ0n) is 19.4. The number of ether oxygens (including phenoxy) is 2. The normalized spacial score (nSPS) is 11.5. The van der Waals surface area contributed by atoms with Crippen LogP contribution in [0.15, 0.2) is 78.9 Å². The van der Waals surface area contributed by atoms with Crippen molar-refractivity contribution in [2.75, 3.05) is 27.4 Å². The van der Waals surface area contributed by atoms with Crippen LogP contribution in [0.3, 0.4) is 0 Å². The van der Waals surface area contributed by atoms with E-state index in [4.69, 9.17) is 21.1 Å². The third-order valence-corrected chi connectivity index (χ3v) is 5.63. The molecule has 34 heavy (non-hydrogen) atoms. The molecule has 0 radical (unpaired) electrons. The third kappa shape index (κ3) is 7.07. The fourth-order valence-electron chi connectivity index (χ4n) is 3.61. The van der Waals surface area contributed by atoms with Crippen LogP contribution in [-0.2, 0) is 27.3 Å². The van der Waals surface area contributed by atoms with E-state index in [2.05, 4.69) is 5.32 Å². The molecule has 0 spiro atoms. The molecule has 6 nitrogen and oxygen atoms in total. The van der Waals surface area contributed by atoms with Crippen LogP contribution in [0.2, 0.25) is 5.02 Å². The number of nitrogens with zero attached hydrogens (tertiary/aromatic N) is 1. The first-order chi connectivity index (χ1) is 16.5. The van der Waals surface area contributed by atoms with Gasteiger partial charge in [0, 0.05) is 25.2 Å². The van der Waals surface area contributed by atoms with Gasteiger partial charge in [-0.2, -0.15) is 0 Å². The van der Waals surface area contributed by atoms with Crippen LogP contribution in [0, 0.1) is 0 Å². The Labute approximate surface area is 205 Å². The topological polar surface area (TPSA) is 67.9 Å². The van der Waals surface area contributed by atoms with E-state index < -0.39 is 6.04 Å². The Morgan fingerprint density at radius 1 is 0.912 bits per heavy atom. The molecule has 0 heterocycles. The minimum atomic E-state index is -0.806. The summed E-state index contributed by atoms with van der Waals surface area (Å²) in [6, 6.07) is 23.1. The lowest BCUT2D eigenvalue weighted by Crippen LogP contribution is -2.44. The van der Waals surface area contributed by atoms with Crippen LogP contribution >= 0.6 is 11.6 Å². The first kappa shape index (κ1) is 25.3. The number of methoxy groups -OCH3 is 2. The molecular formula is C27H29ClN2O4. The fraction of sp³-hybridized carbons (Fsp3) is 0.259. The van der Waals surface area contributed by atoms with Crippen molar-refractivity contribution in [1.82, 2.24) is 10.2 Å². The van der Waals surface area contributed by atoms with Crippen LogP contribution < -0.4 is 10.1 Å². The molecule has 0 bridgehead atoms. The number of hydrogen-bond donors (Lipinski definition) is 1. The number of halogens is 1. The lowest BCUT2D eigenvalue weighted by atomic mass is 10.0.